The maximum Gasteiger partial charge on any atom is 1.00 e. The molecular weight excluding hydrogens is 323 g/mol. The monoisotopic (exact) mass is 344 g/mol. The van der Waals surface area contributed by atoms with Crippen LogP contribution in [0.4, 0.5) is 0 Å². The predicted octanol–water partition coefficient (Wildman–Crippen LogP) is -4.10. The van der Waals surface area contributed by atoms with Gasteiger partial charge in [-0.05, 0) is 6.92 Å². The van der Waals surface area contributed by atoms with E-state index in [-0.39, 0.29) is 43.2 Å². The first kappa shape index (κ1) is 26.7. The summed E-state index contributed by atoms with van der Waals surface area (Å²) in [5, 5.41) is 42.3. The van der Waals surface area contributed by atoms with E-state index < -0.39 is 43.1 Å². The van der Waals surface area contributed by atoms with Gasteiger partial charge in [0, 0.05) is 17.7 Å². The first-order valence-electron chi connectivity index (χ1n) is 5.93. The van der Waals surface area contributed by atoms with E-state index in [9.17, 15) is 14.4 Å². The molecule has 10 heteroatoms. The van der Waals surface area contributed by atoms with Crippen molar-refractivity contribution in [2.24, 2.45) is 5.41 Å². The SMILES string of the molecule is C=C(C)C(=O)OCC(CO)(CO)CO.O=C(O)/C=C\C(=O)O.[H-].[Na+]. The number of carbonyl (C=O) groups is 3. The second-order valence-electron chi connectivity index (χ2n) is 4.34. The van der Waals surface area contributed by atoms with Crippen LogP contribution in [-0.4, -0.2) is 69.9 Å². The number of aliphatic hydroxyl groups excluding tert-OH is 3. The predicted molar refractivity (Wildman–Crippen MR) is 75.0 cm³/mol. The van der Waals surface area contributed by atoms with Crippen molar-refractivity contribution in [1.29, 1.82) is 0 Å². The molecule has 0 heterocycles. The fraction of sp³-hybridized carbons (Fsp3) is 0.462. The molecule has 0 aliphatic heterocycles. The molecule has 0 radical (unpaired) electrons. The van der Waals surface area contributed by atoms with Crippen molar-refractivity contribution in [3.63, 3.8) is 0 Å². The van der Waals surface area contributed by atoms with Gasteiger partial charge in [0.2, 0.25) is 0 Å². The van der Waals surface area contributed by atoms with Gasteiger partial charge in [-0.15, -0.1) is 0 Å². The van der Waals surface area contributed by atoms with Crippen molar-refractivity contribution in [1.82, 2.24) is 0 Å². The van der Waals surface area contributed by atoms with Gasteiger partial charge >= 0.3 is 47.5 Å². The summed E-state index contributed by atoms with van der Waals surface area (Å²) in [6.07, 6.45) is 1.12. The molecule has 5 N–H and O–H groups in total. The van der Waals surface area contributed by atoms with E-state index in [2.05, 4.69) is 6.58 Å². The van der Waals surface area contributed by atoms with Crippen LogP contribution in [0.25, 0.3) is 0 Å². The van der Waals surface area contributed by atoms with Gasteiger partial charge in [0.25, 0.3) is 0 Å². The molecule has 0 aliphatic carbocycles. The van der Waals surface area contributed by atoms with Crippen LogP contribution in [0.2, 0.25) is 0 Å². The largest absolute Gasteiger partial charge is 1.00 e. The minimum Gasteiger partial charge on any atom is -1.00 e. The maximum atomic E-state index is 11.0. The third kappa shape index (κ3) is 14.1. The summed E-state index contributed by atoms with van der Waals surface area (Å²) < 4.78 is 4.72. The summed E-state index contributed by atoms with van der Waals surface area (Å²) in [6.45, 7) is 3.26. The third-order valence-electron chi connectivity index (χ3n) is 2.23. The fourth-order valence-corrected chi connectivity index (χ4v) is 0.771. The Morgan fingerprint density at radius 3 is 1.61 bits per heavy atom. The van der Waals surface area contributed by atoms with Crippen LogP contribution in [0.15, 0.2) is 24.3 Å². The van der Waals surface area contributed by atoms with E-state index in [1.54, 1.807) is 0 Å². The Kier molecular flexibility index (Phi) is 16.7. The minimum atomic E-state index is -1.26. The Morgan fingerprint density at radius 2 is 1.39 bits per heavy atom. The summed E-state index contributed by atoms with van der Waals surface area (Å²) in [7, 11) is 0. The Hall–Kier alpha value is -1.23. The standard InChI is InChI=1S/C9H16O5.C4H4O4.Na.H/c1-7(2)8(13)14-6-9(3-10,4-11)5-12;5-3(6)1-2-4(7)8;;/h10-12H,1,3-6H2,2H3;1-2H,(H,5,6)(H,7,8);;/q;;+1;-1/b;2-1-;;. The van der Waals surface area contributed by atoms with Crippen molar-refractivity contribution in [3.05, 3.63) is 24.3 Å². The van der Waals surface area contributed by atoms with Crippen LogP contribution in [-0.2, 0) is 19.1 Å². The number of aliphatic hydroxyl groups is 3. The molecule has 0 aromatic heterocycles. The van der Waals surface area contributed by atoms with Crippen LogP contribution in [0.1, 0.15) is 8.35 Å². The molecule has 0 atom stereocenters. The van der Waals surface area contributed by atoms with Gasteiger partial charge < -0.3 is 31.7 Å². The molecule has 0 unspecified atom stereocenters. The smallest absolute Gasteiger partial charge is 1.00 e. The Labute approximate surface area is 156 Å². The Balaban J connectivity index is -0.000000174. The van der Waals surface area contributed by atoms with Crippen molar-refractivity contribution in [3.8, 4) is 0 Å². The van der Waals surface area contributed by atoms with Crippen LogP contribution in [0.3, 0.4) is 0 Å². The van der Waals surface area contributed by atoms with Crippen LogP contribution in [0, 0.1) is 5.41 Å². The van der Waals surface area contributed by atoms with E-state index >= 15 is 0 Å². The zero-order valence-electron chi connectivity index (χ0n) is 14.1. The van der Waals surface area contributed by atoms with Crippen molar-refractivity contribution in [2.75, 3.05) is 26.4 Å². The third-order valence-corrected chi connectivity index (χ3v) is 2.23. The van der Waals surface area contributed by atoms with Crippen molar-refractivity contribution < 1.29 is 75.6 Å². The van der Waals surface area contributed by atoms with Gasteiger partial charge in [0.05, 0.1) is 25.2 Å². The zero-order chi connectivity index (χ0) is 17.8. The first-order chi connectivity index (χ1) is 10.1. The summed E-state index contributed by atoms with van der Waals surface area (Å²) in [4.78, 5) is 30.1. The molecule has 0 saturated carbocycles. The molecule has 0 saturated heterocycles. The molecule has 128 valence electrons. The number of aliphatic carboxylic acids is 2. The summed E-state index contributed by atoms with van der Waals surface area (Å²) in [5.41, 5.74) is -0.946. The molecule has 0 aliphatic rings. The molecule has 0 amide bonds. The van der Waals surface area contributed by atoms with E-state index in [1.807, 2.05) is 0 Å². The number of hydrogen-bond donors (Lipinski definition) is 5. The van der Waals surface area contributed by atoms with Gasteiger partial charge in [0.15, 0.2) is 0 Å². The number of esters is 1. The minimum absolute atomic E-state index is 0. The average molecular weight is 344 g/mol. The quantitative estimate of drug-likeness (QED) is 0.167. The maximum absolute atomic E-state index is 11.0. The molecule has 9 nitrogen and oxygen atoms in total. The summed E-state index contributed by atoms with van der Waals surface area (Å²) in [6, 6.07) is 0. The van der Waals surface area contributed by atoms with Gasteiger partial charge in [0.1, 0.15) is 6.61 Å². The van der Waals surface area contributed by atoms with Crippen molar-refractivity contribution in [2.45, 2.75) is 6.92 Å². The molecule has 0 bridgehead atoms. The zero-order valence-corrected chi connectivity index (χ0v) is 15.1. The molecule has 23 heavy (non-hydrogen) atoms. The molecular formula is C13H21NaO9. The average Bonchev–Trinajstić information content (AvgIpc) is 2.47. The number of rotatable bonds is 8. The number of hydrogen-bond acceptors (Lipinski definition) is 7. The van der Waals surface area contributed by atoms with Crippen LogP contribution >= 0.6 is 0 Å². The van der Waals surface area contributed by atoms with E-state index in [0.29, 0.717) is 12.2 Å². The second kappa shape index (κ2) is 14.4. The normalized spacial score (nSPS) is 10.1. The van der Waals surface area contributed by atoms with Gasteiger partial charge in [-0.1, -0.05) is 6.58 Å². The first-order valence-corrected chi connectivity index (χ1v) is 5.93. The summed E-state index contributed by atoms with van der Waals surface area (Å²) >= 11 is 0. The van der Waals surface area contributed by atoms with Crippen LogP contribution < -0.4 is 29.6 Å². The Morgan fingerprint density at radius 1 is 1.04 bits per heavy atom. The molecule has 0 aromatic carbocycles. The number of carboxylic acids is 2. The van der Waals surface area contributed by atoms with Gasteiger partial charge in [-0.2, -0.15) is 0 Å². The van der Waals surface area contributed by atoms with E-state index in [1.165, 1.54) is 6.92 Å². The number of carboxylic acid groups (broad SMARTS) is 2. The molecule has 0 aromatic rings. The fourth-order valence-electron chi connectivity index (χ4n) is 0.771. The molecule has 0 spiro atoms. The van der Waals surface area contributed by atoms with Gasteiger partial charge in [-0.3, -0.25) is 0 Å². The van der Waals surface area contributed by atoms with E-state index in [0.717, 1.165) is 0 Å². The molecule has 0 rings (SSSR count). The van der Waals surface area contributed by atoms with Crippen LogP contribution in [0.5, 0.6) is 0 Å². The van der Waals surface area contributed by atoms with Gasteiger partial charge in [-0.25, -0.2) is 14.4 Å². The molecule has 0 fully saturated rings. The number of carbonyl (C=O) groups excluding carboxylic acids is 1. The van der Waals surface area contributed by atoms with E-state index in [4.69, 9.17) is 30.3 Å². The number of ether oxygens (including phenoxy) is 1. The van der Waals surface area contributed by atoms with Crippen molar-refractivity contribution >= 4 is 17.9 Å². The Bertz CT molecular complexity index is 409. The summed E-state index contributed by atoms with van der Waals surface area (Å²) in [5.74, 6) is -3.12. The second-order valence-corrected chi connectivity index (χ2v) is 4.34. The topological polar surface area (TPSA) is 162 Å².